The fraction of sp³-hybridized carbons (Fsp3) is 0. The van der Waals surface area contributed by atoms with Crippen molar-refractivity contribution in [2.45, 2.75) is 4.90 Å². The Hall–Kier alpha value is -4.01. The van der Waals surface area contributed by atoms with Gasteiger partial charge in [-0.05, 0) is 48.5 Å². The number of nitrogens with zero attached hydrogens (tertiary/aromatic N) is 2. The van der Waals surface area contributed by atoms with Gasteiger partial charge in [-0.3, -0.25) is 4.79 Å². The fourth-order valence-corrected chi connectivity index (χ4v) is 5.07. The highest BCUT2D eigenvalue weighted by molar-refractivity contribution is 9.10. The first-order chi connectivity index (χ1) is 17.4. The molecule has 1 aliphatic heterocycles. The normalized spacial score (nSPS) is 14.7. The zero-order chi connectivity index (χ0) is 25.1. The molecule has 0 spiro atoms. The second-order valence-corrected chi connectivity index (χ2v) is 10.3. The van der Waals surface area contributed by atoms with E-state index in [4.69, 9.17) is 4.18 Å². The van der Waals surface area contributed by atoms with E-state index in [2.05, 4.69) is 21.0 Å². The Labute approximate surface area is 217 Å². The fourth-order valence-electron chi connectivity index (χ4n) is 3.72. The lowest BCUT2D eigenvalue weighted by atomic mass is 10.00. The average molecular weight is 559 g/mol. The van der Waals surface area contributed by atoms with Crippen LogP contribution in [0.15, 0.2) is 129 Å². The van der Waals surface area contributed by atoms with E-state index in [1.54, 1.807) is 54.6 Å². The number of hydrogen-bond donors (Lipinski definition) is 0. The minimum Gasteiger partial charge on any atom is -0.378 e. The van der Waals surface area contributed by atoms with E-state index in [-0.39, 0.29) is 16.6 Å². The largest absolute Gasteiger partial charge is 0.378 e. The molecule has 4 aromatic rings. The molecular formula is C28H19BrN2O4S. The van der Waals surface area contributed by atoms with E-state index < -0.39 is 10.1 Å². The molecule has 0 N–H and O–H groups in total. The molecule has 0 saturated carbocycles. The van der Waals surface area contributed by atoms with E-state index >= 15 is 0 Å². The van der Waals surface area contributed by atoms with Gasteiger partial charge in [0.15, 0.2) is 0 Å². The summed E-state index contributed by atoms with van der Waals surface area (Å²) in [6.07, 6.45) is 1.61. The molecule has 0 aliphatic carbocycles. The lowest BCUT2D eigenvalue weighted by Crippen LogP contribution is -2.21. The first kappa shape index (κ1) is 23.7. The minimum absolute atomic E-state index is 0.0326. The molecule has 36 heavy (non-hydrogen) atoms. The van der Waals surface area contributed by atoms with Crippen molar-refractivity contribution in [1.82, 2.24) is 0 Å². The average Bonchev–Trinajstić information content (AvgIpc) is 3.23. The van der Waals surface area contributed by atoms with E-state index in [1.165, 1.54) is 17.1 Å². The molecule has 0 aromatic heterocycles. The number of rotatable bonds is 6. The Morgan fingerprint density at radius 1 is 0.806 bits per heavy atom. The van der Waals surface area contributed by atoms with Crippen LogP contribution in [0.2, 0.25) is 0 Å². The summed E-state index contributed by atoms with van der Waals surface area (Å²) in [6.45, 7) is 0. The second kappa shape index (κ2) is 9.93. The number of carbonyl (C=O) groups is 1. The summed E-state index contributed by atoms with van der Waals surface area (Å²) in [4.78, 5) is 13.6. The number of amides is 1. The van der Waals surface area contributed by atoms with Gasteiger partial charge in [-0.1, -0.05) is 82.7 Å². The van der Waals surface area contributed by atoms with Gasteiger partial charge in [0, 0.05) is 15.6 Å². The quantitative estimate of drug-likeness (QED) is 0.213. The number of anilines is 1. The predicted octanol–water partition coefficient (Wildman–Crippen LogP) is 6.05. The summed E-state index contributed by atoms with van der Waals surface area (Å²) < 4.78 is 32.0. The number of hydrogen-bond acceptors (Lipinski definition) is 5. The van der Waals surface area contributed by atoms with Gasteiger partial charge in [-0.2, -0.15) is 18.5 Å². The van der Waals surface area contributed by atoms with Crippen molar-refractivity contribution < 1.29 is 17.4 Å². The van der Waals surface area contributed by atoms with Crippen molar-refractivity contribution in [2.75, 3.05) is 5.01 Å². The highest BCUT2D eigenvalue weighted by Gasteiger charge is 2.32. The van der Waals surface area contributed by atoms with Gasteiger partial charge in [0.2, 0.25) is 0 Å². The van der Waals surface area contributed by atoms with Crippen LogP contribution in [0.5, 0.6) is 5.75 Å². The number of hydrazone groups is 1. The minimum atomic E-state index is -4.09. The second-order valence-electron chi connectivity index (χ2n) is 7.86. The lowest BCUT2D eigenvalue weighted by Gasteiger charge is -2.12. The maximum Gasteiger partial charge on any atom is 0.339 e. The molecule has 178 valence electrons. The molecule has 6 nitrogen and oxygen atoms in total. The van der Waals surface area contributed by atoms with Crippen molar-refractivity contribution in [3.63, 3.8) is 0 Å². The highest BCUT2D eigenvalue weighted by Crippen LogP contribution is 2.32. The van der Waals surface area contributed by atoms with E-state index in [9.17, 15) is 13.2 Å². The van der Waals surface area contributed by atoms with Crippen LogP contribution in [0.4, 0.5) is 5.69 Å². The van der Waals surface area contributed by atoms with Crippen molar-refractivity contribution in [3.05, 3.63) is 130 Å². The zero-order valence-electron chi connectivity index (χ0n) is 18.8. The molecule has 0 saturated heterocycles. The van der Waals surface area contributed by atoms with Gasteiger partial charge < -0.3 is 4.18 Å². The van der Waals surface area contributed by atoms with Gasteiger partial charge >= 0.3 is 10.1 Å². The third-order valence-electron chi connectivity index (χ3n) is 5.43. The Morgan fingerprint density at radius 3 is 2.08 bits per heavy atom. The summed E-state index contributed by atoms with van der Waals surface area (Å²) in [5.41, 5.74) is 2.57. The van der Waals surface area contributed by atoms with Crippen LogP contribution in [0.1, 0.15) is 11.1 Å². The van der Waals surface area contributed by atoms with Crippen LogP contribution in [-0.4, -0.2) is 20.0 Å². The van der Waals surface area contributed by atoms with E-state index in [1.807, 2.05) is 48.5 Å². The van der Waals surface area contributed by atoms with Crippen LogP contribution in [-0.2, 0) is 14.9 Å². The van der Waals surface area contributed by atoms with Crippen LogP contribution >= 0.6 is 15.9 Å². The highest BCUT2D eigenvalue weighted by atomic mass is 79.9. The van der Waals surface area contributed by atoms with Crippen molar-refractivity contribution >= 4 is 49.4 Å². The summed E-state index contributed by atoms with van der Waals surface area (Å²) >= 11 is 3.43. The van der Waals surface area contributed by atoms with Crippen LogP contribution in [0.25, 0.3) is 6.08 Å². The summed E-state index contributed by atoms with van der Waals surface area (Å²) in [5.74, 6) is -0.246. The Morgan fingerprint density at radius 2 is 1.42 bits per heavy atom. The maximum atomic E-state index is 13.6. The molecule has 0 fully saturated rings. The standard InChI is InChI=1S/C28H19BrN2O4S/c29-22-16-17-26(35-36(33,34)24-14-8-3-9-15-24)21(18-22)19-25-27(20-10-4-1-5-11-20)30-31(28(25)32)23-12-6-2-7-13-23/h1-19H/b25-19-. The van der Waals surface area contributed by atoms with Gasteiger partial charge in [0.25, 0.3) is 5.91 Å². The predicted molar refractivity (Wildman–Crippen MR) is 143 cm³/mol. The number of para-hydroxylation sites is 1. The smallest absolute Gasteiger partial charge is 0.339 e. The van der Waals surface area contributed by atoms with Crippen molar-refractivity contribution in [1.29, 1.82) is 0 Å². The first-order valence-electron chi connectivity index (χ1n) is 11.0. The van der Waals surface area contributed by atoms with Crippen molar-refractivity contribution in [3.8, 4) is 5.75 Å². The third kappa shape index (κ3) is 4.86. The number of halogens is 1. The molecule has 4 aromatic carbocycles. The Bertz CT molecular complexity index is 1590. The topological polar surface area (TPSA) is 76.0 Å². The van der Waals surface area contributed by atoms with Crippen LogP contribution < -0.4 is 9.19 Å². The molecule has 0 bridgehead atoms. The number of carbonyl (C=O) groups excluding carboxylic acids is 1. The van der Waals surface area contributed by atoms with Crippen LogP contribution in [0.3, 0.4) is 0 Å². The zero-order valence-corrected chi connectivity index (χ0v) is 21.2. The molecular weight excluding hydrogens is 540 g/mol. The van der Waals surface area contributed by atoms with E-state index in [0.29, 0.717) is 27.0 Å². The monoisotopic (exact) mass is 558 g/mol. The maximum absolute atomic E-state index is 13.6. The molecule has 8 heteroatoms. The molecule has 0 unspecified atom stereocenters. The molecule has 1 amide bonds. The van der Waals surface area contributed by atoms with Gasteiger partial charge in [0.1, 0.15) is 16.4 Å². The molecule has 0 radical (unpaired) electrons. The van der Waals surface area contributed by atoms with Crippen LogP contribution in [0, 0.1) is 0 Å². The molecule has 1 heterocycles. The first-order valence-corrected chi connectivity index (χ1v) is 13.2. The molecule has 5 rings (SSSR count). The summed E-state index contributed by atoms with van der Waals surface area (Å²) in [6, 6.07) is 31.3. The number of benzene rings is 4. The summed E-state index contributed by atoms with van der Waals surface area (Å²) in [5, 5.41) is 5.96. The Kier molecular flexibility index (Phi) is 6.54. The van der Waals surface area contributed by atoms with Gasteiger partial charge in [-0.25, -0.2) is 0 Å². The van der Waals surface area contributed by atoms with Crippen molar-refractivity contribution in [2.24, 2.45) is 5.10 Å². The van der Waals surface area contributed by atoms with Gasteiger partial charge in [0.05, 0.1) is 11.3 Å². The Balaban J connectivity index is 1.61. The van der Waals surface area contributed by atoms with Gasteiger partial charge in [-0.15, -0.1) is 0 Å². The third-order valence-corrected chi connectivity index (χ3v) is 7.17. The summed E-state index contributed by atoms with van der Waals surface area (Å²) in [7, 11) is -4.09. The molecule has 1 aliphatic rings. The SMILES string of the molecule is O=C1/C(=C\c2cc(Br)ccc2OS(=O)(=O)c2ccccc2)C(c2ccccc2)=NN1c1ccccc1. The van der Waals surface area contributed by atoms with E-state index in [0.717, 1.165) is 5.56 Å². The lowest BCUT2D eigenvalue weighted by molar-refractivity contribution is -0.114. The molecule has 0 atom stereocenters.